The molecule has 2 amide bonds. The molecule has 1 aromatic heterocycles. The largest absolute Gasteiger partial charge is 0.324 e. The molecule has 29 heavy (non-hydrogen) atoms. The lowest BCUT2D eigenvalue weighted by Gasteiger charge is -2.14. The lowest BCUT2D eigenvalue weighted by atomic mass is 10.1. The predicted octanol–water partition coefficient (Wildman–Crippen LogP) is 4.57. The Morgan fingerprint density at radius 3 is 2.00 bits per heavy atom. The van der Waals surface area contributed by atoms with Crippen molar-refractivity contribution in [3.63, 3.8) is 0 Å². The van der Waals surface area contributed by atoms with Crippen molar-refractivity contribution in [3.05, 3.63) is 76.6 Å². The number of hydrogen-bond donors (Lipinski definition) is 2. The van der Waals surface area contributed by atoms with Gasteiger partial charge in [-0.25, -0.2) is 0 Å². The Morgan fingerprint density at radius 1 is 0.862 bits per heavy atom. The maximum atomic E-state index is 12.7. The SMILES string of the molecule is Cc1ccc(C)c(NC(=O)c2ccn([C@@H](C)C(=O)Nc3cc(C)ccc3C)n2)c1. The smallest absolute Gasteiger partial charge is 0.276 e. The summed E-state index contributed by atoms with van der Waals surface area (Å²) in [4.78, 5) is 25.2. The van der Waals surface area contributed by atoms with Crippen molar-refractivity contribution in [1.82, 2.24) is 9.78 Å². The summed E-state index contributed by atoms with van der Waals surface area (Å²) in [6.07, 6.45) is 1.64. The Labute approximate surface area is 170 Å². The highest BCUT2D eigenvalue weighted by Gasteiger charge is 2.19. The van der Waals surface area contributed by atoms with Crippen molar-refractivity contribution < 1.29 is 9.59 Å². The minimum Gasteiger partial charge on any atom is -0.324 e. The minimum absolute atomic E-state index is 0.191. The third kappa shape index (κ3) is 4.71. The number of rotatable bonds is 5. The summed E-state index contributed by atoms with van der Waals surface area (Å²) < 4.78 is 1.50. The summed E-state index contributed by atoms with van der Waals surface area (Å²) in [5.74, 6) is -0.497. The molecule has 3 rings (SSSR count). The third-order valence-corrected chi connectivity index (χ3v) is 4.91. The molecule has 0 radical (unpaired) electrons. The van der Waals surface area contributed by atoms with E-state index < -0.39 is 6.04 Å². The van der Waals surface area contributed by atoms with E-state index in [0.29, 0.717) is 0 Å². The Balaban J connectivity index is 1.71. The molecule has 0 fully saturated rings. The second kappa shape index (κ2) is 8.31. The molecule has 0 aliphatic carbocycles. The van der Waals surface area contributed by atoms with Gasteiger partial charge in [0.1, 0.15) is 6.04 Å². The summed E-state index contributed by atoms with van der Waals surface area (Å²) in [6, 6.07) is 12.8. The number of nitrogens with zero attached hydrogens (tertiary/aromatic N) is 2. The van der Waals surface area contributed by atoms with Crippen molar-refractivity contribution in [2.75, 3.05) is 10.6 Å². The van der Waals surface area contributed by atoms with Gasteiger partial charge in [-0.1, -0.05) is 24.3 Å². The number of hydrogen-bond acceptors (Lipinski definition) is 3. The van der Waals surface area contributed by atoms with Crippen LogP contribution in [0.4, 0.5) is 11.4 Å². The fraction of sp³-hybridized carbons (Fsp3) is 0.261. The lowest BCUT2D eigenvalue weighted by Crippen LogP contribution is -2.25. The zero-order chi connectivity index (χ0) is 21.1. The molecule has 0 spiro atoms. The summed E-state index contributed by atoms with van der Waals surface area (Å²) in [6.45, 7) is 9.59. The molecule has 6 heteroatoms. The summed E-state index contributed by atoms with van der Waals surface area (Å²) >= 11 is 0. The fourth-order valence-corrected chi connectivity index (χ4v) is 2.96. The quantitative estimate of drug-likeness (QED) is 0.670. The Morgan fingerprint density at radius 2 is 1.41 bits per heavy atom. The maximum absolute atomic E-state index is 12.7. The van der Waals surface area contributed by atoms with Crippen LogP contribution in [0.3, 0.4) is 0 Å². The van der Waals surface area contributed by atoms with Gasteiger partial charge in [-0.05, 0) is 75.1 Å². The van der Waals surface area contributed by atoms with E-state index in [1.807, 2.05) is 64.1 Å². The van der Waals surface area contributed by atoms with E-state index in [1.54, 1.807) is 19.2 Å². The van der Waals surface area contributed by atoms with Crippen LogP contribution in [0.1, 0.15) is 45.7 Å². The van der Waals surface area contributed by atoms with Crippen LogP contribution in [-0.4, -0.2) is 21.6 Å². The van der Waals surface area contributed by atoms with Gasteiger partial charge in [0, 0.05) is 17.6 Å². The molecule has 2 N–H and O–H groups in total. The maximum Gasteiger partial charge on any atom is 0.276 e. The summed E-state index contributed by atoms with van der Waals surface area (Å²) in [5.41, 5.74) is 5.90. The molecule has 0 bridgehead atoms. The highest BCUT2D eigenvalue weighted by atomic mass is 16.2. The third-order valence-electron chi connectivity index (χ3n) is 4.91. The van der Waals surface area contributed by atoms with Gasteiger partial charge in [-0.15, -0.1) is 0 Å². The summed E-state index contributed by atoms with van der Waals surface area (Å²) in [7, 11) is 0. The van der Waals surface area contributed by atoms with E-state index >= 15 is 0 Å². The van der Waals surface area contributed by atoms with Gasteiger partial charge in [0.25, 0.3) is 5.91 Å². The number of carbonyl (C=O) groups excluding carboxylic acids is 2. The van der Waals surface area contributed by atoms with E-state index in [-0.39, 0.29) is 17.5 Å². The fourth-order valence-electron chi connectivity index (χ4n) is 2.96. The van der Waals surface area contributed by atoms with Crippen molar-refractivity contribution in [1.29, 1.82) is 0 Å². The van der Waals surface area contributed by atoms with Crippen LogP contribution in [0, 0.1) is 27.7 Å². The molecule has 1 atom stereocenters. The second-order valence-electron chi connectivity index (χ2n) is 7.44. The molecule has 0 aliphatic heterocycles. The normalized spacial score (nSPS) is 11.8. The average molecular weight is 390 g/mol. The van der Waals surface area contributed by atoms with Crippen molar-refractivity contribution in [2.45, 2.75) is 40.7 Å². The monoisotopic (exact) mass is 390 g/mol. The molecular formula is C23H26N4O2. The highest BCUT2D eigenvalue weighted by Crippen LogP contribution is 2.19. The number of anilines is 2. The van der Waals surface area contributed by atoms with Crippen LogP contribution in [0.15, 0.2) is 48.7 Å². The van der Waals surface area contributed by atoms with Gasteiger partial charge in [0.2, 0.25) is 5.91 Å². The van der Waals surface area contributed by atoms with Gasteiger partial charge in [0.05, 0.1) is 0 Å². The molecular weight excluding hydrogens is 364 g/mol. The topological polar surface area (TPSA) is 76.0 Å². The standard InChI is InChI=1S/C23H26N4O2/c1-14-6-8-16(3)20(12-14)24-22(28)18(5)27-11-10-19(26-27)23(29)25-21-13-15(2)7-9-17(21)4/h6-13,18H,1-5H3,(H,24,28)(H,25,29)/t18-/m0/s1. The zero-order valence-corrected chi connectivity index (χ0v) is 17.4. The van der Waals surface area contributed by atoms with Crippen molar-refractivity contribution in [2.24, 2.45) is 0 Å². The van der Waals surface area contributed by atoms with E-state index in [1.165, 1.54) is 4.68 Å². The van der Waals surface area contributed by atoms with Gasteiger partial charge in [-0.2, -0.15) is 5.10 Å². The predicted molar refractivity (Wildman–Crippen MR) is 115 cm³/mol. The van der Waals surface area contributed by atoms with E-state index in [4.69, 9.17) is 0 Å². The van der Waals surface area contributed by atoms with Gasteiger partial charge < -0.3 is 10.6 Å². The van der Waals surface area contributed by atoms with Crippen LogP contribution >= 0.6 is 0 Å². The van der Waals surface area contributed by atoms with E-state index in [2.05, 4.69) is 15.7 Å². The zero-order valence-electron chi connectivity index (χ0n) is 17.4. The molecule has 0 aliphatic rings. The highest BCUT2D eigenvalue weighted by molar-refractivity contribution is 6.03. The van der Waals surface area contributed by atoms with Crippen molar-refractivity contribution in [3.8, 4) is 0 Å². The van der Waals surface area contributed by atoms with E-state index in [9.17, 15) is 9.59 Å². The van der Waals surface area contributed by atoms with Crippen molar-refractivity contribution >= 4 is 23.2 Å². The Hall–Kier alpha value is -3.41. The molecule has 6 nitrogen and oxygen atoms in total. The van der Waals surface area contributed by atoms with Crippen LogP contribution in [0.2, 0.25) is 0 Å². The number of aromatic nitrogens is 2. The molecule has 1 heterocycles. The number of nitrogens with one attached hydrogen (secondary N) is 2. The minimum atomic E-state index is -0.558. The first-order valence-electron chi connectivity index (χ1n) is 9.56. The second-order valence-corrected chi connectivity index (χ2v) is 7.44. The average Bonchev–Trinajstić information content (AvgIpc) is 3.17. The van der Waals surface area contributed by atoms with E-state index in [0.717, 1.165) is 33.6 Å². The summed E-state index contributed by atoms with van der Waals surface area (Å²) in [5, 5.41) is 10.1. The van der Waals surface area contributed by atoms with Crippen LogP contribution < -0.4 is 10.6 Å². The molecule has 0 unspecified atom stereocenters. The number of amides is 2. The molecule has 2 aromatic carbocycles. The molecule has 0 saturated heterocycles. The van der Waals surface area contributed by atoms with Gasteiger partial charge in [-0.3, -0.25) is 14.3 Å². The van der Waals surface area contributed by atoms with Gasteiger partial charge in [0.15, 0.2) is 5.69 Å². The van der Waals surface area contributed by atoms with Crippen LogP contribution in [0.5, 0.6) is 0 Å². The van der Waals surface area contributed by atoms with Crippen LogP contribution in [0.25, 0.3) is 0 Å². The molecule has 0 saturated carbocycles. The Bertz CT molecular complexity index is 1070. The number of carbonyl (C=O) groups is 2. The lowest BCUT2D eigenvalue weighted by molar-refractivity contribution is -0.119. The molecule has 3 aromatic rings. The van der Waals surface area contributed by atoms with Crippen LogP contribution in [-0.2, 0) is 4.79 Å². The first-order chi connectivity index (χ1) is 13.7. The van der Waals surface area contributed by atoms with Gasteiger partial charge >= 0.3 is 0 Å². The number of benzene rings is 2. The Kier molecular flexibility index (Phi) is 5.82. The first kappa shape index (κ1) is 20.3. The number of aryl methyl sites for hydroxylation is 4. The first-order valence-corrected chi connectivity index (χ1v) is 9.56. The molecule has 150 valence electrons.